The second-order valence-electron chi connectivity index (χ2n) is 22.7. The van der Waals surface area contributed by atoms with Gasteiger partial charge in [0.2, 0.25) is 0 Å². The first-order chi connectivity index (χ1) is 38.0. The zero-order chi connectivity index (χ0) is 55.7. The van der Waals surface area contributed by atoms with Gasteiger partial charge in [0, 0.05) is 19.3 Å². The number of rotatable bonds is 62. The van der Waals surface area contributed by atoms with Gasteiger partial charge >= 0.3 is 17.9 Å². The molecule has 0 aromatic heterocycles. The van der Waals surface area contributed by atoms with Crippen LogP contribution in [-0.2, 0) is 28.6 Å². The van der Waals surface area contributed by atoms with Crippen LogP contribution < -0.4 is 0 Å². The zero-order valence-electron chi connectivity index (χ0n) is 51.5. The Kier molecular flexibility index (Phi) is 63.2. The van der Waals surface area contributed by atoms with Crippen molar-refractivity contribution in [2.24, 2.45) is 0 Å². The van der Waals surface area contributed by atoms with Crippen molar-refractivity contribution in [3.63, 3.8) is 0 Å². The topological polar surface area (TPSA) is 78.9 Å². The second kappa shape index (κ2) is 65.6. The van der Waals surface area contributed by atoms with Crippen LogP contribution in [0.1, 0.15) is 355 Å². The largest absolute Gasteiger partial charge is 0.462 e. The van der Waals surface area contributed by atoms with Crippen LogP contribution in [0.25, 0.3) is 0 Å². The summed E-state index contributed by atoms with van der Waals surface area (Å²) in [6, 6.07) is 0. The van der Waals surface area contributed by atoms with E-state index in [4.69, 9.17) is 14.2 Å². The fraction of sp³-hybridized carbons (Fsp3) is 0.817. The molecule has 0 aliphatic heterocycles. The summed E-state index contributed by atoms with van der Waals surface area (Å²) < 4.78 is 16.9. The van der Waals surface area contributed by atoms with Crippen molar-refractivity contribution in [2.45, 2.75) is 361 Å². The lowest BCUT2D eigenvalue weighted by atomic mass is 10.0. The molecule has 0 aliphatic rings. The SMILES string of the molecule is CC/C=C\C/C=C\C/C=C\C/C=C\CCCCCCCCCCCCCCCCCCCCCCCCC(=O)OCC(COC(=O)CCCCCCCCCC)OC(=O)CCCCCCC/C=C\CCCCCCCCC. The Balaban J connectivity index is 3.97. The summed E-state index contributed by atoms with van der Waals surface area (Å²) in [6.45, 7) is 6.53. The van der Waals surface area contributed by atoms with Crippen LogP contribution in [0.15, 0.2) is 60.8 Å². The minimum Gasteiger partial charge on any atom is -0.462 e. The third-order valence-corrected chi connectivity index (χ3v) is 15.0. The van der Waals surface area contributed by atoms with E-state index >= 15 is 0 Å². The summed E-state index contributed by atoms with van der Waals surface area (Å²) >= 11 is 0. The molecule has 77 heavy (non-hydrogen) atoms. The van der Waals surface area contributed by atoms with E-state index in [-0.39, 0.29) is 31.1 Å². The van der Waals surface area contributed by atoms with Crippen molar-refractivity contribution >= 4 is 17.9 Å². The Bertz CT molecular complexity index is 1380. The molecule has 0 saturated carbocycles. The highest BCUT2D eigenvalue weighted by Gasteiger charge is 2.19. The predicted octanol–water partition coefficient (Wildman–Crippen LogP) is 23.1. The van der Waals surface area contributed by atoms with Crippen LogP contribution in [0.5, 0.6) is 0 Å². The highest BCUT2D eigenvalue weighted by atomic mass is 16.6. The van der Waals surface area contributed by atoms with Crippen molar-refractivity contribution in [3.8, 4) is 0 Å². The normalized spacial score (nSPS) is 12.4. The number of esters is 3. The Morgan fingerprint density at radius 2 is 0.506 bits per heavy atom. The smallest absolute Gasteiger partial charge is 0.306 e. The fourth-order valence-corrected chi connectivity index (χ4v) is 9.96. The minimum absolute atomic E-state index is 0.0715. The van der Waals surface area contributed by atoms with E-state index in [1.807, 2.05) is 0 Å². The second-order valence-corrected chi connectivity index (χ2v) is 22.7. The summed E-state index contributed by atoms with van der Waals surface area (Å²) in [5.41, 5.74) is 0. The summed E-state index contributed by atoms with van der Waals surface area (Å²) in [5, 5.41) is 0. The lowest BCUT2D eigenvalue weighted by Gasteiger charge is -2.18. The number of allylic oxidation sites excluding steroid dienone is 10. The number of ether oxygens (including phenoxy) is 3. The van der Waals surface area contributed by atoms with Crippen molar-refractivity contribution in [3.05, 3.63) is 60.8 Å². The van der Waals surface area contributed by atoms with Gasteiger partial charge in [0.05, 0.1) is 0 Å². The van der Waals surface area contributed by atoms with Gasteiger partial charge in [0.15, 0.2) is 6.10 Å². The molecule has 0 bridgehead atoms. The fourth-order valence-electron chi connectivity index (χ4n) is 9.96. The molecule has 0 radical (unpaired) electrons. The van der Waals surface area contributed by atoms with E-state index < -0.39 is 6.10 Å². The lowest BCUT2D eigenvalue weighted by molar-refractivity contribution is -0.167. The molecular weight excluding hydrogens is 949 g/mol. The molecule has 1 atom stereocenters. The van der Waals surface area contributed by atoms with Crippen LogP contribution in [0.2, 0.25) is 0 Å². The molecule has 6 nitrogen and oxygen atoms in total. The number of carbonyl (C=O) groups excluding carboxylic acids is 3. The quantitative estimate of drug-likeness (QED) is 0.0261. The predicted molar refractivity (Wildman–Crippen MR) is 335 cm³/mol. The molecule has 0 N–H and O–H groups in total. The molecule has 0 amide bonds. The van der Waals surface area contributed by atoms with Gasteiger partial charge in [0.25, 0.3) is 0 Å². The highest BCUT2D eigenvalue weighted by Crippen LogP contribution is 2.18. The molecule has 448 valence electrons. The van der Waals surface area contributed by atoms with Gasteiger partial charge in [-0.25, -0.2) is 0 Å². The number of unbranched alkanes of at least 4 members (excludes halogenated alkanes) is 41. The van der Waals surface area contributed by atoms with Crippen molar-refractivity contribution in [1.82, 2.24) is 0 Å². The Labute approximate surface area is 479 Å². The summed E-state index contributed by atoms with van der Waals surface area (Å²) in [4.78, 5) is 38.1. The zero-order valence-corrected chi connectivity index (χ0v) is 51.5. The minimum atomic E-state index is -0.772. The van der Waals surface area contributed by atoms with Gasteiger partial charge in [-0.2, -0.15) is 0 Å². The molecule has 0 aromatic rings. The first-order valence-corrected chi connectivity index (χ1v) is 33.8. The van der Waals surface area contributed by atoms with Gasteiger partial charge in [-0.05, 0) is 83.5 Å². The molecule has 0 spiro atoms. The molecule has 0 heterocycles. The number of carbonyl (C=O) groups is 3. The maximum Gasteiger partial charge on any atom is 0.306 e. The van der Waals surface area contributed by atoms with Gasteiger partial charge in [-0.3, -0.25) is 14.4 Å². The molecule has 0 fully saturated rings. The van der Waals surface area contributed by atoms with Gasteiger partial charge in [-0.1, -0.05) is 313 Å². The molecule has 1 unspecified atom stereocenters. The van der Waals surface area contributed by atoms with Gasteiger partial charge < -0.3 is 14.2 Å². The van der Waals surface area contributed by atoms with E-state index in [9.17, 15) is 14.4 Å². The number of hydrogen-bond donors (Lipinski definition) is 0. The average molecular weight is 1080 g/mol. The molecule has 0 rings (SSSR count). The van der Waals surface area contributed by atoms with Crippen LogP contribution in [-0.4, -0.2) is 37.2 Å². The monoisotopic (exact) mass is 1080 g/mol. The van der Waals surface area contributed by atoms with Gasteiger partial charge in [-0.15, -0.1) is 0 Å². The third kappa shape index (κ3) is 63.8. The van der Waals surface area contributed by atoms with Crippen LogP contribution in [0.4, 0.5) is 0 Å². The first-order valence-electron chi connectivity index (χ1n) is 33.8. The highest BCUT2D eigenvalue weighted by molar-refractivity contribution is 5.71. The van der Waals surface area contributed by atoms with Crippen LogP contribution in [0, 0.1) is 0 Å². The molecular formula is C71H128O6. The van der Waals surface area contributed by atoms with Crippen molar-refractivity contribution in [1.29, 1.82) is 0 Å². The molecule has 0 aromatic carbocycles. The van der Waals surface area contributed by atoms with E-state index in [2.05, 4.69) is 81.5 Å². The average Bonchev–Trinajstić information content (AvgIpc) is 3.43. The maximum atomic E-state index is 12.8. The van der Waals surface area contributed by atoms with Crippen LogP contribution in [0.3, 0.4) is 0 Å². The van der Waals surface area contributed by atoms with Gasteiger partial charge in [0.1, 0.15) is 13.2 Å². The van der Waals surface area contributed by atoms with Crippen molar-refractivity contribution < 1.29 is 28.6 Å². The molecule has 0 saturated heterocycles. The summed E-state index contributed by atoms with van der Waals surface area (Å²) in [5.74, 6) is -0.864. The number of hydrogen-bond acceptors (Lipinski definition) is 6. The van der Waals surface area contributed by atoms with E-state index in [0.29, 0.717) is 19.3 Å². The Morgan fingerprint density at radius 1 is 0.273 bits per heavy atom. The summed E-state index contributed by atoms with van der Waals surface area (Å²) in [6.07, 6.45) is 84.2. The van der Waals surface area contributed by atoms with Crippen molar-refractivity contribution in [2.75, 3.05) is 13.2 Å². The van der Waals surface area contributed by atoms with E-state index in [1.165, 1.54) is 225 Å². The maximum absolute atomic E-state index is 12.8. The molecule has 0 aliphatic carbocycles. The van der Waals surface area contributed by atoms with E-state index in [1.54, 1.807) is 0 Å². The Hall–Kier alpha value is -2.89. The lowest BCUT2D eigenvalue weighted by Crippen LogP contribution is -2.30. The molecule has 6 heteroatoms. The Morgan fingerprint density at radius 3 is 0.805 bits per heavy atom. The summed E-state index contributed by atoms with van der Waals surface area (Å²) in [7, 11) is 0. The first kappa shape index (κ1) is 74.1. The standard InChI is InChI=1S/C71H128O6/c1-4-7-10-13-16-19-21-23-25-27-28-29-30-31-32-33-34-35-36-37-38-39-40-41-42-43-44-45-47-48-50-52-55-58-61-64-70(73)76-67-68(66-75-69(72)63-60-57-54-18-15-12-9-6-3)77-71(74)65-62-59-56-53-51-49-46-26-24-22-20-17-14-11-8-5-2/h7,10,16,19,23,25-26,28-29,46,68H,4-6,8-9,11-15,17-18,20-22,24,27,30-45,47-67H2,1-3H3/b10-7-,19-16-,25-23-,29-28-,46-26-. The third-order valence-electron chi connectivity index (χ3n) is 15.0. The van der Waals surface area contributed by atoms with E-state index in [0.717, 1.165) is 89.9 Å². The van der Waals surface area contributed by atoms with Crippen LogP contribution >= 0.6 is 0 Å².